The van der Waals surface area contributed by atoms with Crippen molar-refractivity contribution in [2.75, 3.05) is 0 Å². The number of nitrogens with zero attached hydrogens (tertiary/aromatic N) is 2. The third-order valence-corrected chi connectivity index (χ3v) is 5.86. The summed E-state index contributed by atoms with van der Waals surface area (Å²) in [5.74, 6) is 1.63. The Morgan fingerprint density at radius 2 is 1.87 bits per heavy atom. The molecule has 0 spiro atoms. The molecule has 1 atom stereocenters. The van der Waals surface area contributed by atoms with Gasteiger partial charge in [0.2, 0.25) is 0 Å². The fourth-order valence-electron chi connectivity index (χ4n) is 4.00. The minimum absolute atomic E-state index is 0.186. The van der Waals surface area contributed by atoms with Crippen LogP contribution in [0.1, 0.15) is 35.7 Å². The van der Waals surface area contributed by atoms with Gasteiger partial charge in [-0.1, -0.05) is 83.9 Å². The Labute approximate surface area is 181 Å². The van der Waals surface area contributed by atoms with Gasteiger partial charge in [0.1, 0.15) is 12.0 Å². The topological polar surface area (TPSA) is 36.8 Å². The van der Waals surface area contributed by atoms with E-state index in [1.807, 2.05) is 30.3 Å². The molecule has 0 bridgehead atoms. The van der Waals surface area contributed by atoms with Crippen LogP contribution in [0.25, 0.3) is 10.8 Å². The summed E-state index contributed by atoms with van der Waals surface area (Å²) in [6.07, 6.45) is 8.25. The smallest absolute Gasteiger partial charge is 0.159 e. The van der Waals surface area contributed by atoms with Crippen LogP contribution >= 0.6 is 11.6 Å². The lowest BCUT2D eigenvalue weighted by atomic mass is 10.0. The fraction of sp³-hybridized carbons (Fsp3) is 0.154. The van der Waals surface area contributed by atoms with Crippen LogP contribution < -0.4 is 5.32 Å². The maximum Gasteiger partial charge on any atom is 0.159 e. The van der Waals surface area contributed by atoms with Crippen LogP contribution in [0.15, 0.2) is 94.4 Å². The van der Waals surface area contributed by atoms with E-state index >= 15 is 0 Å². The molecular formula is C26H22ClN3. The van der Waals surface area contributed by atoms with Crippen molar-refractivity contribution in [3.8, 4) is 0 Å². The van der Waals surface area contributed by atoms with Crippen LogP contribution in [0.2, 0.25) is 5.02 Å². The molecule has 3 nitrogen and oxygen atoms in total. The van der Waals surface area contributed by atoms with E-state index in [4.69, 9.17) is 21.6 Å². The second-order valence-electron chi connectivity index (χ2n) is 7.67. The first kappa shape index (κ1) is 18.8. The van der Waals surface area contributed by atoms with Gasteiger partial charge in [-0.25, -0.2) is 9.98 Å². The normalized spacial score (nSPS) is 18.5. The molecular weight excluding hydrogens is 390 g/mol. The van der Waals surface area contributed by atoms with Gasteiger partial charge in [-0.2, -0.15) is 0 Å². The Morgan fingerprint density at radius 3 is 2.67 bits per heavy atom. The van der Waals surface area contributed by atoms with Crippen molar-refractivity contribution in [3.63, 3.8) is 0 Å². The second-order valence-corrected chi connectivity index (χ2v) is 8.08. The maximum atomic E-state index is 6.46. The number of benzene rings is 3. The highest BCUT2D eigenvalue weighted by Gasteiger charge is 2.23. The number of amidine groups is 2. The number of hydrogen-bond acceptors (Lipinski definition) is 3. The van der Waals surface area contributed by atoms with Gasteiger partial charge in [0.25, 0.3) is 0 Å². The van der Waals surface area contributed by atoms with E-state index in [9.17, 15) is 0 Å². The molecule has 4 heteroatoms. The van der Waals surface area contributed by atoms with E-state index in [1.54, 1.807) is 0 Å². The lowest BCUT2D eigenvalue weighted by Crippen LogP contribution is -2.34. The first-order valence-electron chi connectivity index (χ1n) is 10.2. The zero-order valence-electron chi connectivity index (χ0n) is 16.8. The maximum absolute atomic E-state index is 6.46. The van der Waals surface area contributed by atoms with Gasteiger partial charge in [-0.05, 0) is 48.4 Å². The summed E-state index contributed by atoms with van der Waals surface area (Å²) in [4.78, 5) is 9.98. The molecule has 1 heterocycles. The van der Waals surface area contributed by atoms with Crippen molar-refractivity contribution < 1.29 is 0 Å². The molecule has 0 saturated heterocycles. The van der Waals surface area contributed by atoms with Crippen molar-refractivity contribution in [2.45, 2.75) is 25.9 Å². The van der Waals surface area contributed by atoms with Gasteiger partial charge >= 0.3 is 0 Å². The Hall–Kier alpha value is -3.17. The molecule has 0 fully saturated rings. The predicted molar refractivity (Wildman–Crippen MR) is 126 cm³/mol. The monoisotopic (exact) mass is 411 g/mol. The quantitative estimate of drug-likeness (QED) is 0.523. The number of allylic oxidation sites excluding steroid dienone is 3. The van der Waals surface area contributed by atoms with Crippen molar-refractivity contribution in [1.82, 2.24) is 5.32 Å². The fourth-order valence-corrected chi connectivity index (χ4v) is 4.23. The molecule has 30 heavy (non-hydrogen) atoms. The molecule has 1 unspecified atom stereocenters. The van der Waals surface area contributed by atoms with Gasteiger partial charge < -0.3 is 5.32 Å². The first-order chi connectivity index (χ1) is 14.7. The third kappa shape index (κ3) is 3.57. The highest BCUT2D eigenvalue weighted by atomic mass is 35.5. The van der Waals surface area contributed by atoms with Crippen LogP contribution in [0.4, 0.5) is 0 Å². The van der Waals surface area contributed by atoms with Crippen LogP contribution in [-0.2, 0) is 0 Å². The summed E-state index contributed by atoms with van der Waals surface area (Å²) in [7, 11) is 0. The molecule has 0 radical (unpaired) electrons. The van der Waals surface area contributed by atoms with Crippen LogP contribution in [0.5, 0.6) is 0 Å². The van der Waals surface area contributed by atoms with E-state index in [2.05, 4.69) is 60.8 Å². The van der Waals surface area contributed by atoms with E-state index in [1.165, 1.54) is 11.1 Å². The highest BCUT2D eigenvalue weighted by Crippen LogP contribution is 2.30. The molecule has 5 rings (SSSR count). The van der Waals surface area contributed by atoms with E-state index in [0.29, 0.717) is 0 Å². The summed E-state index contributed by atoms with van der Waals surface area (Å²) in [5.41, 5.74) is 4.55. The molecule has 3 aromatic rings. The minimum Gasteiger partial charge on any atom is -0.344 e. The molecule has 0 aromatic heterocycles. The average Bonchev–Trinajstić information content (AvgIpc) is 2.80. The van der Waals surface area contributed by atoms with Gasteiger partial charge in [-0.15, -0.1) is 0 Å². The number of aliphatic imine (C=N–C) groups is 2. The summed E-state index contributed by atoms with van der Waals surface area (Å²) in [6.45, 7) is 2.10. The summed E-state index contributed by atoms with van der Waals surface area (Å²) in [6, 6.07) is 20.6. The number of halogens is 1. The molecule has 1 N–H and O–H groups in total. The largest absolute Gasteiger partial charge is 0.344 e. The minimum atomic E-state index is -0.186. The Balaban J connectivity index is 1.67. The average molecular weight is 412 g/mol. The van der Waals surface area contributed by atoms with Crippen LogP contribution in [-0.4, -0.2) is 11.7 Å². The Bertz CT molecular complexity index is 1250. The lowest BCUT2D eigenvalue weighted by molar-refractivity contribution is 0.670. The first-order valence-corrected chi connectivity index (χ1v) is 10.6. The van der Waals surface area contributed by atoms with Crippen molar-refractivity contribution in [1.29, 1.82) is 0 Å². The van der Waals surface area contributed by atoms with E-state index in [0.717, 1.165) is 51.4 Å². The van der Waals surface area contributed by atoms with E-state index < -0.39 is 0 Å². The standard InChI is InChI=1S/C26H22ClN3/c1-17-8-7-11-19(16-17)25-28-24(18-9-3-2-4-10-18)29-26(30-25)22-14-15-23(27)21-13-6-5-12-20(21)22/h2-3,5-9,11-16,25H,4,10H2,1H3,(H,28,29,30). The van der Waals surface area contributed by atoms with Crippen LogP contribution in [0, 0.1) is 6.92 Å². The molecule has 2 aliphatic rings. The number of hydrogen-bond donors (Lipinski definition) is 1. The summed E-state index contributed by atoms with van der Waals surface area (Å²) >= 11 is 6.46. The number of aryl methyl sites for hydroxylation is 1. The van der Waals surface area contributed by atoms with Gasteiger partial charge in [0, 0.05) is 16.0 Å². The summed E-state index contributed by atoms with van der Waals surface area (Å²) < 4.78 is 0. The zero-order valence-corrected chi connectivity index (χ0v) is 17.5. The third-order valence-electron chi connectivity index (χ3n) is 5.53. The molecule has 0 saturated carbocycles. The molecule has 148 valence electrons. The van der Waals surface area contributed by atoms with Crippen molar-refractivity contribution in [3.05, 3.63) is 106 Å². The molecule has 1 aliphatic heterocycles. The number of fused-ring (bicyclic) bond motifs is 1. The SMILES string of the molecule is Cc1cccc(C2N=C(c3ccc(Cl)c4ccccc34)N=C(C3=CC=CCC3)N2)c1. The lowest BCUT2D eigenvalue weighted by Gasteiger charge is -2.26. The predicted octanol–water partition coefficient (Wildman–Crippen LogP) is 6.53. The second kappa shape index (κ2) is 7.92. The van der Waals surface area contributed by atoms with Crippen LogP contribution in [0.3, 0.4) is 0 Å². The Morgan fingerprint density at radius 1 is 1.00 bits per heavy atom. The van der Waals surface area contributed by atoms with Crippen molar-refractivity contribution in [2.24, 2.45) is 9.98 Å². The van der Waals surface area contributed by atoms with Gasteiger partial charge in [0.15, 0.2) is 5.84 Å². The number of nitrogens with one attached hydrogen (secondary N) is 1. The molecule has 0 amide bonds. The number of rotatable bonds is 3. The van der Waals surface area contributed by atoms with E-state index in [-0.39, 0.29) is 6.17 Å². The highest BCUT2D eigenvalue weighted by molar-refractivity contribution is 6.36. The van der Waals surface area contributed by atoms with Gasteiger partial charge in [-0.3, -0.25) is 0 Å². The molecule has 3 aromatic carbocycles. The zero-order chi connectivity index (χ0) is 20.5. The van der Waals surface area contributed by atoms with Crippen molar-refractivity contribution >= 4 is 34.0 Å². The molecule has 1 aliphatic carbocycles. The summed E-state index contributed by atoms with van der Waals surface area (Å²) in [5, 5.41) is 6.38. The van der Waals surface area contributed by atoms with Gasteiger partial charge in [0.05, 0.1) is 0 Å². The Kier molecular flexibility index (Phi) is 4.97.